The van der Waals surface area contributed by atoms with Gasteiger partial charge in [0.05, 0.1) is 17.2 Å². The van der Waals surface area contributed by atoms with Crippen molar-refractivity contribution in [1.29, 1.82) is 0 Å². The molecule has 1 saturated heterocycles. The number of rotatable bonds is 4. The van der Waals surface area contributed by atoms with Gasteiger partial charge in [-0.05, 0) is 87.6 Å². The Balaban J connectivity index is 1.57. The van der Waals surface area contributed by atoms with Gasteiger partial charge in [0.15, 0.2) is 0 Å². The van der Waals surface area contributed by atoms with Gasteiger partial charge in [-0.2, -0.15) is 26.3 Å². The monoisotopic (exact) mass is 603 g/mol. The molecule has 13 heteroatoms. The molecular formula is C29H32F7N3O3. The standard InChI is InChI=1S/C29H32F7N3O3/c1-17-11-21(30)5-6-22(17)23-15-38(25(41)42-26(2,3)4)9-10-39(23)24(40)37-16-27(7-8-27)18-12-19(28(31,32)33)14-20(13-18)29(34,35)36/h5-6,11-14,23H,7-10,15-16H2,1-4H3,(H,37,40)/t23-/m1/s1. The van der Waals surface area contributed by atoms with Gasteiger partial charge in [0.1, 0.15) is 11.4 Å². The van der Waals surface area contributed by atoms with E-state index in [0.29, 0.717) is 36.1 Å². The molecule has 3 amide bonds. The van der Waals surface area contributed by atoms with E-state index >= 15 is 0 Å². The highest BCUT2D eigenvalue weighted by Gasteiger charge is 2.48. The number of urea groups is 1. The summed E-state index contributed by atoms with van der Waals surface area (Å²) in [5.74, 6) is -0.484. The number of hydrogen-bond donors (Lipinski definition) is 1. The van der Waals surface area contributed by atoms with Gasteiger partial charge in [0.2, 0.25) is 0 Å². The third-order valence-corrected chi connectivity index (χ3v) is 7.52. The number of benzene rings is 2. The lowest BCUT2D eigenvalue weighted by molar-refractivity contribution is -0.143. The number of piperazine rings is 1. The van der Waals surface area contributed by atoms with Crippen LogP contribution in [0.2, 0.25) is 0 Å². The van der Waals surface area contributed by atoms with Crippen molar-refractivity contribution in [3.05, 3.63) is 70.0 Å². The first-order chi connectivity index (χ1) is 19.3. The van der Waals surface area contributed by atoms with Crippen molar-refractivity contribution in [1.82, 2.24) is 15.1 Å². The third-order valence-electron chi connectivity index (χ3n) is 7.52. The first-order valence-electron chi connectivity index (χ1n) is 13.4. The van der Waals surface area contributed by atoms with E-state index in [0.717, 1.165) is 0 Å². The molecule has 2 aromatic rings. The van der Waals surface area contributed by atoms with Gasteiger partial charge in [-0.1, -0.05) is 6.07 Å². The zero-order valence-electron chi connectivity index (χ0n) is 23.5. The Labute approximate surface area is 238 Å². The van der Waals surface area contributed by atoms with E-state index in [1.54, 1.807) is 27.7 Å². The summed E-state index contributed by atoms with van der Waals surface area (Å²) in [5, 5.41) is 2.70. The van der Waals surface area contributed by atoms with E-state index in [2.05, 4.69) is 5.32 Å². The van der Waals surface area contributed by atoms with Crippen LogP contribution in [0.3, 0.4) is 0 Å². The van der Waals surface area contributed by atoms with Crippen LogP contribution in [0.15, 0.2) is 36.4 Å². The molecule has 1 saturated carbocycles. The molecule has 1 aliphatic carbocycles. The summed E-state index contributed by atoms with van der Waals surface area (Å²) in [7, 11) is 0. The van der Waals surface area contributed by atoms with Crippen LogP contribution >= 0.6 is 0 Å². The maximum atomic E-state index is 13.9. The highest BCUT2D eigenvalue weighted by molar-refractivity contribution is 5.76. The molecule has 1 heterocycles. The lowest BCUT2D eigenvalue weighted by atomic mass is 9.91. The average Bonchev–Trinajstić information content (AvgIpc) is 3.66. The molecule has 0 radical (unpaired) electrons. The molecule has 0 unspecified atom stereocenters. The summed E-state index contributed by atoms with van der Waals surface area (Å²) < 4.78 is 100.0. The van der Waals surface area contributed by atoms with Gasteiger partial charge in [0, 0.05) is 31.6 Å². The number of nitrogens with zero attached hydrogens (tertiary/aromatic N) is 2. The van der Waals surface area contributed by atoms with Crippen LogP contribution in [0.5, 0.6) is 0 Å². The van der Waals surface area contributed by atoms with Gasteiger partial charge >= 0.3 is 24.5 Å². The van der Waals surface area contributed by atoms with E-state index in [1.165, 1.54) is 28.0 Å². The fraction of sp³-hybridized carbons (Fsp3) is 0.517. The minimum Gasteiger partial charge on any atom is -0.444 e. The van der Waals surface area contributed by atoms with Crippen molar-refractivity contribution in [3.8, 4) is 0 Å². The van der Waals surface area contributed by atoms with Crippen molar-refractivity contribution in [2.75, 3.05) is 26.2 Å². The number of aryl methyl sites for hydroxylation is 1. The number of carbonyl (C=O) groups is 2. The fourth-order valence-corrected chi connectivity index (χ4v) is 5.12. The number of nitrogens with one attached hydrogen (secondary N) is 1. The molecular weight excluding hydrogens is 571 g/mol. The van der Waals surface area contributed by atoms with Crippen LogP contribution in [-0.4, -0.2) is 53.7 Å². The first-order valence-corrected chi connectivity index (χ1v) is 13.4. The quantitative estimate of drug-likeness (QED) is 0.376. The normalized spacial score (nSPS) is 19.0. The SMILES string of the molecule is Cc1cc(F)ccc1[C@H]1CN(C(=O)OC(C)(C)C)CCN1C(=O)NCC1(c2cc(C(F)(F)F)cc(C(F)(F)F)c2)CC1. The van der Waals surface area contributed by atoms with Gasteiger partial charge in [-0.25, -0.2) is 14.0 Å². The summed E-state index contributed by atoms with van der Waals surface area (Å²) in [4.78, 5) is 29.1. The second-order valence-corrected chi connectivity index (χ2v) is 11.9. The lowest BCUT2D eigenvalue weighted by Gasteiger charge is -2.42. The Bertz CT molecular complexity index is 1320. The molecule has 4 rings (SSSR count). The fourth-order valence-electron chi connectivity index (χ4n) is 5.12. The maximum absolute atomic E-state index is 13.9. The Morgan fingerprint density at radius 1 is 0.952 bits per heavy atom. The second-order valence-electron chi connectivity index (χ2n) is 11.9. The van der Waals surface area contributed by atoms with Crippen LogP contribution in [0.1, 0.15) is 67.5 Å². The van der Waals surface area contributed by atoms with Crippen LogP contribution in [0, 0.1) is 12.7 Å². The van der Waals surface area contributed by atoms with E-state index in [1.807, 2.05) is 0 Å². The van der Waals surface area contributed by atoms with Gasteiger partial charge in [0.25, 0.3) is 0 Å². The lowest BCUT2D eigenvalue weighted by Crippen LogP contribution is -2.56. The molecule has 0 bridgehead atoms. The number of hydrogen-bond acceptors (Lipinski definition) is 3. The number of amides is 3. The summed E-state index contributed by atoms with van der Waals surface area (Å²) in [6.45, 7) is 6.82. The van der Waals surface area contributed by atoms with Gasteiger partial charge < -0.3 is 19.9 Å². The van der Waals surface area contributed by atoms with Crippen LogP contribution in [0.25, 0.3) is 0 Å². The summed E-state index contributed by atoms with van der Waals surface area (Å²) in [5.41, 5.74) is -3.70. The van der Waals surface area contributed by atoms with Crippen LogP contribution < -0.4 is 5.32 Å². The van der Waals surface area contributed by atoms with Crippen molar-refractivity contribution >= 4 is 12.1 Å². The van der Waals surface area contributed by atoms with Crippen molar-refractivity contribution in [2.24, 2.45) is 0 Å². The summed E-state index contributed by atoms with van der Waals surface area (Å²) in [6, 6.07) is 4.21. The number of alkyl halides is 6. The minimum atomic E-state index is -4.98. The molecule has 2 aliphatic rings. The molecule has 1 atom stereocenters. The number of ether oxygens (including phenoxy) is 1. The molecule has 1 aliphatic heterocycles. The molecule has 42 heavy (non-hydrogen) atoms. The highest BCUT2D eigenvalue weighted by atomic mass is 19.4. The van der Waals surface area contributed by atoms with E-state index in [9.17, 15) is 40.3 Å². The van der Waals surface area contributed by atoms with Crippen molar-refractivity contribution < 1.29 is 45.1 Å². The Morgan fingerprint density at radius 2 is 1.55 bits per heavy atom. The zero-order chi connectivity index (χ0) is 31.3. The van der Waals surface area contributed by atoms with Gasteiger partial charge in [-0.15, -0.1) is 0 Å². The Morgan fingerprint density at radius 3 is 2.05 bits per heavy atom. The molecule has 230 valence electrons. The van der Waals surface area contributed by atoms with Crippen LogP contribution in [-0.2, 0) is 22.5 Å². The van der Waals surface area contributed by atoms with E-state index in [4.69, 9.17) is 4.74 Å². The van der Waals surface area contributed by atoms with E-state index < -0.39 is 58.5 Å². The van der Waals surface area contributed by atoms with Gasteiger partial charge in [-0.3, -0.25) is 0 Å². The van der Waals surface area contributed by atoms with Crippen LogP contribution in [0.4, 0.5) is 40.3 Å². The second kappa shape index (κ2) is 11.0. The number of halogens is 7. The molecule has 0 aromatic heterocycles. The molecule has 2 aromatic carbocycles. The minimum absolute atomic E-state index is 0.0303. The summed E-state index contributed by atoms with van der Waals surface area (Å²) >= 11 is 0. The van der Waals surface area contributed by atoms with E-state index in [-0.39, 0.29) is 37.8 Å². The molecule has 0 spiro atoms. The molecule has 1 N–H and O–H groups in total. The highest BCUT2D eigenvalue weighted by Crippen LogP contribution is 2.50. The molecule has 2 fully saturated rings. The Hall–Kier alpha value is -3.51. The number of carbonyl (C=O) groups excluding carboxylic acids is 2. The zero-order valence-corrected chi connectivity index (χ0v) is 23.5. The Kier molecular flexibility index (Phi) is 8.20. The van der Waals surface area contributed by atoms with Crippen molar-refractivity contribution in [3.63, 3.8) is 0 Å². The maximum Gasteiger partial charge on any atom is 0.416 e. The summed E-state index contributed by atoms with van der Waals surface area (Å²) in [6.07, 6.45) is -9.97. The predicted molar refractivity (Wildman–Crippen MR) is 139 cm³/mol. The smallest absolute Gasteiger partial charge is 0.416 e. The average molecular weight is 604 g/mol. The third kappa shape index (κ3) is 7.09. The topological polar surface area (TPSA) is 61.9 Å². The molecule has 6 nitrogen and oxygen atoms in total. The van der Waals surface area contributed by atoms with Crippen molar-refractivity contribution in [2.45, 2.75) is 69.9 Å². The first kappa shape index (κ1) is 31.4. The largest absolute Gasteiger partial charge is 0.444 e. The predicted octanol–water partition coefficient (Wildman–Crippen LogP) is 7.21.